The minimum absolute atomic E-state index is 0.0224. The molecule has 2 unspecified atom stereocenters. The van der Waals surface area contributed by atoms with Gasteiger partial charge in [-0.25, -0.2) is 4.79 Å². The Morgan fingerprint density at radius 1 is 1.24 bits per heavy atom. The van der Waals surface area contributed by atoms with E-state index in [1.165, 1.54) is 0 Å². The van der Waals surface area contributed by atoms with E-state index in [9.17, 15) is 4.79 Å². The minimum atomic E-state index is -0.225. The molecule has 17 heavy (non-hydrogen) atoms. The lowest BCUT2D eigenvalue weighted by Crippen LogP contribution is -2.29. The summed E-state index contributed by atoms with van der Waals surface area (Å²) in [6, 6.07) is 0. The molecule has 0 aromatic carbocycles. The third kappa shape index (κ3) is 6.67. The third-order valence-corrected chi connectivity index (χ3v) is 3.23. The van der Waals surface area contributed by atoms with Gasteiger partial charge < -0.3 is 0 Å². The van der Waals surface area contributed by atoms with Gasteiger partial charge in [0.2, 0.25) is 0 Å². The molecule has 0 aromatic rings. The molecule has 0 aromatic heterocycles. The van der Waals surface area contributed by atoms with E-state index in [0.717, 1.165) is 25.7 Å². The van der Waals surface area contributed by atoms with Crippen LogP contribution in [0.1, 0.15) is 67.2 Å². The fraction of sp³-hybridized carbons (Fsp3) is 0.929. The Kier molecular flexibility index (Phi) is 7.44. The second kappa shape index (κ2) is 7.70. The lowest BCUT2D eigenvalue weighted by molar-refractivity contribution is -0.312. The average Bonchev–Trinajstić information content (AvgIpc) is 2.25. The highest BCUT2D eigenvalue weighted by atomic mass is 17.2. The van der Waals surface area contributed by atoms with E-state index < -0.39 is 0 Å². The molecule has 0 fully saturated rings. The monoisotopic (exact) mass is 244 g/mol. The summed E-state index contributed by atoms with van der Waals surface area (Å²) in [6.45, 7) is 12.2. The van der Waals surface area contributed by atoms with E-state index in [-0.39, 0.29) is 23.4 Å². The van der Waals surface area contributed by atoms with E-state index in [2.05, 4.69) is 27.7 Å². The lowest BCUT2D eigenvalue weighted by Gasteiger charge is -2.25. The molecular formula is C14H28O3. The molecule has 0 aliphatic rings. The fourth-order valence-corrected chi connectivity index (χ4v) is 1.27. The molecule has 0 saturated carbocycles. The molecule has 3 heteroatoms. The molecule has 0 aliphatic heterocycles. The van der Waals surface area contributed by atoms with Crippen LogP contribution in [0.3, 0.4) is 0 Å². The summed E-state index contributed by atoms with van der Waals surface area (Å²) in [5.41, 5.74) is -0.0224. The summed E-state index contributed by atoms with van der Waals surface area (Å²) in [7, 11) is 0. The number of rotatable bonds is 7. The quantitative estimate of drug-likeness (QED) is 0.499. The maximum absolute atomic E-state index is 11.8. The Balaban J connectivity index is 4.06. The molecule has 0 radical (unpaired) electrons. The first-order chi connectivity index (χ1) is 7.82. The van der Waals surface area contributed by atoms with Crippen LogP contribution in [0.4, 0.5) is 0 Å². The van der Waals surface area contributed by atoms with Gasteiger partial charge in [-0.3, -0.25) is 4.89 Å². The highest BCUT2D eigenvalue weighted by Gasteiger charge is 2.25. The van der Waals surface area contributed by atoms with Crippen LogP contribution in [0.15, 0.2) is 0 Å². The van der Waals surface area contributed by atoms with E-state index in [1.54, 1.807) is 0 Å². The Bertz CT molecular complexity index is 218. The Morgan fingerprint density at radius 3 is 2.24 bits per heavy atom. The molecular weight excluding hydrogens is 216 g/mol. The SMILES string of the molecule is CCCCC(CC)C(=O)OOC(C)C(C)(C)C. The van der Waals surface area contributed by atoms with Crippen LogP contribution in [0.5, 0.6) is 0 Å². The summed E-state index contributed by atoms with van der Waals surface area (Å²) in [5.74, 6) is -0.251. The first kappa shape index (κ1) is 16.4. The van der Waals surface area contributed by atoms with E-state index >= 15 is 0 Å². The third-order valence-electron chi connectivity index (χ3n) is 3.23. The first-order valence-corrected chi connectivity index (χ1v) is 6.70. The largest absolute Gasteiger partial charge is 0.345 e. The van der Waals surface area contributed by atoms with Crippen molar-refractivity contribution >= 4 is 5.97 Å². The summed E-state index contributed by atoms with van der Waals surface area (Å²) >= 11 is 0. The van der Waals surface area contributed by atoms with Crippen molar-refractivity contribution in [2.24, 2.45) is 11.3 Å². The van der Waals surface area contributed by atoms with Crippen molar-refractivity contribution in [3.05, 3.63) is 0 Å². The van der Waals surface area contributed by atoms with E-state index in [1.807, 2.05) is 13.8 Å². The Hall–Kier alpha value is -0.570. The van der Waals surface area contributed by atoms with Gasteiger partial charge in [-0.1, -0.05) is 47.5 Å². The predicted octanol–water partition coefficient (Wildman–Crippen LogP) is 4.11. The Labute approximate surface area is 106 Å². The smallest absolute Gasteiger partial charge is 0.298 e. The minimum Gasteiger partial charge on any atom is -0.298 e. The van der Waals surface area contributed by atoms with Gasteiger partial charge in [0, 0.05) is 0 Å². The molecule has 102 valence electrons. The summed E-state index contributed by atoms with van der Waals surface area (Å²) < 4.78 is 0. The van der Waals surface area contributed by atoms with Gasteiger partial charge >= 0.3 is 5.97 Å². The molecule has 0 heterocycles. The van der Waals surface area contributed by atoms with Crippen molar-refractivity contribution in [2.45, 2.75) is 73.3 Å². The first-order valence-electron chi connectivity index (χ1n) is 6.70. The van der Waals surface area contributed by atoms with Gasteiger partial charge in [0.25, 0.3) is 0 Å². The van der Waals surface area contributed by atoms with Gasteiger partial charge in [0.05, 0.1) is 5.92 Å². The van der Waals surface area contributed by atoms with Gasteiger partial charge in [-0.15, -0.1) is 0 Å². The van der Waals surface area contributed by atoms with Crippen molar-refractivity contribution in [3.8, 4) is 0 Å². The molecule has 0 rings (SSSR count). The second-order valence-corrected chi connectivity index (χ2v) is 5.75. The topological polar surface area (TPSA) is 35.5 Å². The normalized spacial score (nSPS) is 15.4. The van der Waals surface area contributed by atoms with E-state index in [0.29, 0.717) is 0 Å². The standard InChI is InChI=1S/C14H28O3/c1-7-9-10-12(8-2)13(15)17-16-11(3)14(4,5)6/h11-12H,7-10H2,1-6H3. The highest BCUT2D eigenvalue weighted by molar-refractivity contribution is 5.71. The van der Waals surface area contributed by atoms with Crippen LogP contribution in [-0.4, -0.2) is 12.1 Å². The number of unbranched alkanes of at least 4 members (excludes halogenated alkanes) is 1. The van der Waals surface area contributed by atoms with Crippen molar-refractivity contribution in [3.63, 3.8) is 0 Å². The molecule has 0 amide bonds. The van der Waals surface area contributed by atoms with Crippen molar-refractivity contribution in [1.82, 2.24) is 0 Å². The molecule has 0 spiro atoms. The average molecular weight is 244 g/mol. The van der Waals surface area contributed by atoms with Gasteiger partial charge in [0.1, 0.15) is 6.10 Å². The van der Waals surface area contributed by atoms with Crippen molar-refractivity contribution in [1.29, 1.82) is 0 Å². The van der Waals surface area contributed by atoms with Crippen LogP contribution < -0.4 is 0 Å². The number of hydrogen-bond acceptors (Lipinski definition) is 3. The zero-order chi connectivity index (χ0) is 13.5. The van der Waals surface area contributed by atoms with Crippen molar-refractivity contribution in [2.75, 3.05) is 0 Å². The molecule has 0 bridgehead atoms. The van der Waals surface area contributed by atoms with Crippen LogP contribution in [0.2, 0.25) is 0 Å². The number of hydrogen-bond donors (Lipinski definition) is 0. The Morgan fingerprint density at radius 2 is 1.82 bits per heavy atom. The summed E-state index contributed by atoms with van der Waals surface area (Å²) in [4.78, 5) is 21.9. The van der Waals surface area contributed by atoms with Gasteiger partial charge in [0.15, 0.2) is 0 Å². The van der Waals surface area contributed by atoms with Crippen LogP contribution in [0.25, 0.3) is 0 Å². The molecule has 0 saturated heterocycles. The predicted molar refractivity (Wildman–Crippen MR) is 69.4 cm³/mol. The second-order valence-electron chi connectivity index (χ2n) is 5.75. The maximum atomic E-state index is 11.8. The zero-order valence-electron chi connectivity index (χ0n) is 12.2. The summed E-state index contributed by atoms with van der Waals surface area (Å²) in [6.07, 6.45) is 3.76. The van der Waals surface area contributed by atoms with Gasteiger partial charge in [-0.05, 0) is 25.2 Å². The fourth-order valence-electron chi connectivity index (χ4n) is 1.27. The van der Waals surface area contributed by atoms with Crippen LogP contribution in [-0.2, 0) is 14.6 Å². The molecule has 0 N–H and O–H groups in total. The number of carbonyl (C=O) groups excluding carboxylic acids is 1. The van der Waals surface area contributed by atoms with Crippen molar-refractivity contribution < 1.29 is 14.6 Å². The van der Waals surface area contributed by atoms with Gasteiger partial charge in [-0.2, -0.15) is 4.89 Å². The lowest BCUT2D eigenvalue weighted by atomic mass is 9.91. The maximum Gasteiger partial charge on any atom is 0.345 e. The van der Waals surface area contributed by atoms with Crippen LogP contribution >= 0.6 is 0 Å². The highest BCUT2D eigenvalue weighted by Crippen LogP contribution is 2.23. The molecule has 2 atom stereocenters. The molecule has 0 aliphatic carbocycles. The number of carbonyl (C=O) groups is 1. The van der Waals surface area contributed by atoms with E-state index in [4.69, 9.17) is 9.78 Å². The summed E-state index contributed by atoms with van der Waals surface area (Å²) in [5, 5.41) is 0. The van der Waals surface area contributed by atoms with Crippen LogP contribution in [0, 0.1) is 11.3 Å². The molecule has 3 nitrogen and oxygen atoms in total. The zero-order valence-corrected chi connectivity index (χ0v) is 12.2.